The third-order valence-corrected chi connectivity index (χ3v) is 8.89. The van der Waals surface area contributed by atoms with Gasteiger partial charge in [-0.2, -0.15) is 5.06 Å². The van der Waals surface area contributed by atoms with E-state index in [2.05, 4.69) is 10.6 Å². The topological polar surface area (TPSA) is 140 Å². The summed E-state index contributed by atoms with van der Waals surface area (Å²) < 4.78 is 26.5. The number of rotatable bonds is 17. The minimum absolute atomic E-state index is 0.0303. The maximum absolute atomic E-state index is 12.6. The predicted molar refractivity (Wildman–Crippen MR) is 215 cm³/mol. The van der Waals surface area contributed by atoms with E-state index in [1.54, 1.807) is 7.11 Å². The van der Waals surface area contributed by atoms with E-state index in [4.69, 9.17) is 28.5 Å². The van der Waals surface area contributed by atoms with Crippen LogP contribution < -0.4 is 15.4 Å². The lowest BCUT2D eigenvalue weighted by atomic mass is 10.0. The Labute approximate surface area is 333 Å². The van der Waals surface area contributed by atoms with Crippen LogP contribution >= 0.6 is 0 Å². The number of hydrogen-bond acceptors (Lipinski definition) is 10. The summed E-state index contributed by atoms with van der Waals surface area (Å²) in [7, 11) is 1.58. The van der Waals surface area contributed by atoms with E-state index in [0.29, 0.717) is 19.6 Å². The maximum Gasteiger partial charge on any atom is 0.407 e. The minimum atomic E-state index is -0.890. The van der Waals surface area contributed by atoms with E-state index in [-0.39, 0.29) is 37.7 Å². The second kappa shape index (κ2) is 21.9. The molecule has 0 aromatic heterocycles. The van der Waals surface area contributed by atoms with E-state index in [9.17, 15) is 14.7 Å². The number of methoxy groups -OCH3 is 1. The van der Waals surface area contributed by atoms with Crippen molar-refractivity contribution in [1.29, 1.82) is 0 Å². The van der Waals surface area contributed by atoms with Crippen molar-refractivity contribution in [2.75, 3.05) is 27.1 Å². The van der Waals surface area contributed by atoms with Gasteiger partial charge >= 0.3 is 12.2 Å². The van der Waals surface area contributed by atoms with Crippen molar-refractivity contribution in [1.82, 2.24) is 15.7 Å². The largest absolute Gasteiger partial charge is 0.468 e. The van der Waals surface area contributed by atoms with Crippen molar-refractivity contribution in [2.45, 2.75) is 128 Å². The summed E-state index contributed by atoms with van der Waals surface area (Å²) in [6, 6.07) is 27.0. The maximum atomic E-state index is 12.6. The number of benzene rings is 3. The number of hydroxylamine groups is 2. The Morgan fingerprint density at radius 1 is 0.786 bits per heavy atom. The quantitative estimate of drug-likeness (QED) is 0.0724. The number of carbonyl (C=O) groups excluding carboxylic acids is 2. The first kappa shape index (κ1) is 44.5. The summed E-state index contributed by atoms with van der Waals surface area (Å²) in [4.78, 5) is 30.8. The van der Waals surface area contributed by atoms with Crippen LogP contribution in [-0.4, -0.2) is 91.0 Å². The van der Waals surface area contributed by atoms with Crippen molar-refractivity contribution in [2.24, 2.45) is 0 Å². The van der Waals surface area contributed by atoms with Gasteiger partial charge in [0.2, 0.25) is 0 Å². The Hall–Kier alpha value is -4.20. The Morgan fingerprint density at radius 3 is 1.84 bits per heavy atom. The van der Waals surface area contributed by atoms with E-state index in [0.717, 1.165) is 49.0 Å². The number of epoxide rings is 1. The van der Waals surface area contributed by atoms with Crippen molar-refractivity contribution in [3.63, 3.8) is 0 Å². The average molecular weight is 778 g/mol. The molecule has 2 aliphatic rings. The molecule has 1 saturated carbocycles. The Bertz CT molecular complexity index is 1570. The van der Waals surface area contributed by atoms with E-state index < -0.39 is 29.4 Å². The summed E-state index contributed by atoms with van der Waals surface area (Å²) >= 11 is 0. The first-order chi connectivity index (χ1) is 26.7. The summed E-state index contributed by atoms with van der Waals surface area (Å²) in [5, 5.41) is 19.0. The van der Waals surface area contributed by atoms with Gasteiger partial charge in [-0.15, -0.1) is 0 Å². The monoisotopic (exact) mass is 777 g/mol. The molecule has 12 nitrogen and oxygen atoms in total. The number of aliphatic hydroxyl groups excluding tert-OH is 1. The van der Waals surface area contributed by atoms with Crippen LogP contribution in [0.15, 0.2) is 84.9 Å². The third-order valence-electron chi connectivity index (χ3n) is 8.89. The molecule has 1 saturated heterocycles. The Kier molecular flexibility index (Phi) is 17.4. The second-order valence-corrected chi connectivity index (χ2v) is 16.4. The molecule has 1 aliphatic carbocycles. The average Bonchev–Trinajstić information content (AvgIpc) is 3.86. The van der Waals surface area contributed by atoms with Gasteiger partial charge in [-0.05, 0) is 96.0 Å². The summed E-state index contributed by atoms with van der Waals surface area (Å²) in [5.74, 6) is 0.721. The molecule has 3 N–H and O–H groups in total. The van der Waals surface area contributed by atoms with Crippen LogP contribution in [0.5, 0.6) is 5.75 Å². The van der Waals surface area contributed by atoms with Crippen molar-refractivity contribution < 1.29 is 43.2 Å². The lowest BCUT2D eigenvalue weighted by molar-refractivity contribution is -0.214. The lowest BCUT2D eigenvalue weighted by Crippen LogP contribution is -2.50. The van der Waals surface area contributed by atoms with Crippen LogP contribution in [0.25, 0.3) is 0 Å². The fourth-order valence-electron chi connectivity index (χ4n) is 6.21. The molecular weight excluding hydrogens is 714 g/mol. The van der Waals surface area contributed by atoms with Crippen molar-refractivity contribution in [3.05, 3.63) is 102 Å². The molecule has 0 bridgehead atoms. The number of carbonyl (C=O) groups is 2. The standard InChI is InChI=1S/C29H42N2O6.C15H21NO3/c1-29(2,3)36-28(33)30-26(18-22-10-6-5-7-11-22)27(32)20-31(37-25-12-8-9-13-25)19-23-14-16-24(17-15-23)35-21-34-4;1-15(2,3)19-14(17)16-12(13-10-18-13)9-11-7-5-4-6-8-11/h5-7,10-11,14-17,25-27,32H,8-9,12-13,18-21H2,1-4H3,(H,30,33);4-8,12-13H,9-10H2,1-3H3,(H,16,17). The molecule has 0 radical (unpaired) electrons. The molecule has 308 valence electrons. The molecule has 3 aromatic rings. The van der Waals surface area contributed by atoms with Gasteiger partial charge in [0.25, 0.3) is 0 Å². The zero-order valence-corrected chi connectivity index (χ0v) is 34.2. The van der Waals surface area contributed by atoms with Gasteiger partial charge in [-0.25, -0.2) is 9.59 Å². The number of nitrogens with zero attached hydrogens (tertiary/aromatic N) is 1. The van der Waals surface area contributed by atoms with Crippen LogP contribution in [0.3, 0.4) is 0 Å². The van der Waals surface area contributed by atoms with E-state index >= 15 is 0 Å². The van der Waals surface area contributed by atoms with Crippen LogP contribution in [0.4, 0.5) is 9.59 Å². The molecule has 5 rings (SSSR count). The summed E-state index contributed by atoms with van der Waals surface area (Å²) in [5.41, 5.74) is 2.10. The van der Waals surface area contributed by atoms with Gasteiger partial charge in [0.15, 0.2) is 6.79 Å². The van der Waals surface area contributed by atoms with Gasteiger partial charge < -0.3 is 39.4 Å². The number of aliphatic hydroxyl groups is 1. The molecule has 1 aliphatic heterocycles. The molecule has 56 heavy (non-hydrogen) atoms. The number of ether oxygens (including phenoxy) is 5. The second-order valence-electron chi connectivity index (χ2n) is 16.4. The van der Waals surface area contributed by atoms with Gasteiger partial charge in [0, 0.05) is 13.7 Å². The molecule has 4 atom stereocenters. The molecular formula is C44H63N3O9. The normalized spacial score (nSPS) is 17.2. The van der Waals surface area contributed by atoms with Crippen molar-refractivity contribution in [3.8, 4) is 5.75 Å². The lowest BCUT2D eigenvalue weighted by Gasteiger charge is -2.32. The third kappa shape index (κ3) is 17.7. The summed E-state index contributed by atoms with van der Waals surface area (Å²) in [6.45, 7) is 12.6. The number of hydrogen-bond donors (Lipinski definition) is 3. The number of amides is 2. The van der Waals surface area contributed by atoms with Crippen LogP contribution in [0.1, 0.15) is 83.9 Å². The van der Waals surface area contributed by atoms with Crippen molar-refractivity contribution >= 4 is 12.2 Å². The Morgan fingerprint density at radius 2 is 1.32 bits per heavy atom. The minimum Gasteiger partial charge on any atom is -0.468 e. The zero-order valence-electron chi connectivity index (χ0n) is 34.2. The van der Waals surface area contributed by atoms with Gasteiger partial charge in [-0.1, -0.05) is 85.6 Å². The molecule has 1 heterocycles. The smallest absolute Gasteiger partial charge is 0.407 e. The highest BCUT2D eigenvalue weighted by atomic mass is 16.7. The predicted octanol–water partition coefficient (Wildman–Crippen LogP) is 7.36. The highest BCUT2D eigenvalue weighted by Crippen LogP contribution is 2.24. The fraction of sp³-hybridized carbons (Fsp3) is 0.545. The molecule has 12 heteroatoms. The van der Waals surface area contributed by atoms with Crippen LogP contribution in [0, 0.1) is 0 Å². The van der Waals surface area contributed by atoms with Gasteiger partial charge in [0.1, 0.15) is 23.1 Å². The van der Waals surface area contributed by atoms with Crippen LogP contribution in [-0.2, 0) is 43.2 Å². The summed E-state index contributed by atoms with van der Waals surface area (Å²) in [6.07, 6.45) is 3.90. The molecule has 2 amide bonds. The molecule has 0 spiro atoms. The SMILES string of the molecule is CC(C)(C)OC(=O)NC(Cc1ccccc1)C1CO1.COCOc1ccc(CN(CC(O)C(Cc2ccccc2)NC(=O)OC(C)(C)C)OC2CCCC2)cc1. The van der Waals surface area contributed by atoms with Gasteiger partial charge in [-0.3, -0.25) is 4.84 Å². The first-order valence-electron chi connectivity index (χ1n) is 19.6. The molecule has 4 unspecified atom stereocenters. The zero-order chi connectivity index (χ0) is 40.6. The number of alkyl carbamates (subject to hydrolysis) is 2. The molecule has 2 fully saturated rings. The van der Waals surface area contributed by atoms with E-state index in [1.807, 2.05) is 132 Å². The highest BCUT2D eigenvalue weighted by Gasteiger charge is 2.35. The fourth-order valence-corrected chi connectivity index (χ4v) is 6.21. The molecule has 3 aromatic carbocycles. The number of nitrogens with one attached hydrogen (secondary N) is 2. The first-order valence-corrected chi connectivity index (χ1v) is 19.6. The highest BCUT2D eigenvalue weighted by molar-refractivity contribution is 5.68. The van der Waals surface area contributed by atoms with E-state index in [1.165, 1.54) is 5.56 Å². The van der Waals surface area contributed by atoms with Gasteiger partial charge in [0.05, 0.1) is 37.4 Å². The van der Waals surface area contributed by atoms with Crippen LogP contribution in [0.2, 0.25) is 0 Å². The Balaban J connectivity index is 0.000000306.